The SMILES string of the molecule is COc1cccc(NC(=O)C2(C(=O)N3CCc4ccccc43)CC2)c1. The highest BCUT2D eigenvalue weighted by Gasteiger charge is 2.58. The average Bonchev–Trinajstić information content (AvgIpc) is 3.35. The van der Waals surface area contributed by atoms with E-state index < -0.39 is 5.41 Å². The summed E-state index contributed by atoms with van der Waals surface area (Å²) in [5.74, 6) is 0.357. The highest BCUT2D eigenvalue weighted by atomic mass is 16.5. The second-order valence-electron chi connectivity index (χ2n) is 6.60. The van der Waals surface area contributed by atoms with Crippen molar-refractivity contribution in [3.05, 3.63) is 54.1 Å². The van der Waals surface area contributed by atoms with Gasteiger partial charge in [0.05, 0.1) is 7.11 Å². The van der Waals surface area contributed by atoms with Crippen LogP contribution in [0.25, 0.3) is 0 Å². The summed E-state index contributed by atoms with van der Waals surface area (Å²) in [5.41, 5.74) is 1.82. The van der Waals surface area contributed by atoms with E-state index in [0.717, 1.165) is 12.1 Å². The molecular formula is C20H20N2O3. The van der Waals surface area contributed by atoms with Gasteiger partial charge in [0.15, 0.2) is 0 Å². The van der Waals surface area contributed by atoms with Crippen molar-refractivity contribution < 1.29 is 14.3 Å². The van der Waals surface area contributed by atoms with Crippen LogP contribution in [0.4, 0.5) is 11.4 Å². The lowest BCUT2D eigenvalue weighted by atomic mass is 10.0. The molecule has 1 fully saturated rings. The molecule has 2 aromatic rings. The molecule has 0 unspecified atom stereocenters. The Bertz CT molecular complexity index is 842. The fraction of sp³-hybridized carbons (Fsp3) is 0.300. The molecule has 1 heterocycles. The summed E-state index contributed by atoms with van der Waals surface area (Å²) in [4.78, 5) is 27.7. The molecule has 0 aromatic heterocycles. The quantitative estimate of drug-likeness (QED) is 0.873. The predicted molar refractivity (Wildman–Crippen MR) is 95.8 cm³/mol. The first-order valence-electron chi connectivity index (χ1n) is 8.49. The molecule has 0 spiro atoms. The Morgan fingerprint density at radius 3 is 2.68 bits per heavy atom. The van der Waals surface area contributed by atoms with Gasteiger partial charge >= 0.3 is 0 Å². The van der Waals surface area contributed by atoms with Gasteiger partial charge in [0.2, 0.25) is 11.8 Å². The zero-order chi connectivity index (χ0) is 17.4. The van der Waals surface area contributed by atoms with Crippen LogP contribution in [-0.4, -0.2) is 25.5 Å². The number of nitrogens with one attached hydrogen (secondary N) is 1. The van der Waals surface area contributed by atoms with Crippen molar-refractivity contribution in [2.24, 2.45) is 5.41 Å². The van der Waals surface area contributed by atoms with Crippen molar-refractivity contribution in [2.75, 3.05) is 23.9 Å². The van der Waals surface area contributed by atoms with Crippen LogP contribution in [0.15, 0.2) is 48.5 Å². The molecule has 5 nitrogen and oxygen atoms in total. The third-order valence-corrected chi connectivity index (χ3v) is 5.05. The Balaban J connectivity index is 1.54. The van der Waals surface area contributed by atoms with Crippen LogP contribution in [0, 0.1) is 5.41 Å². The average molecular weight is 336 g/mol. The van der Waals surface area contributed by atoms with E-state index in [-0.39, 0.29) is 11.8 Å². The van der Waals surface area contributed by atoms with Gasteiger partial charge in [0.25, 0.3) is 0 Å². The lowest BCUT2D eigenvalue weighted by molar-refractivity contribution is -0.132. The summed E-state index contributed by atoms with van der Waals surface area (Å²) in [5, 5.41) is 2.88. The number of para-hydroxylation sites is 1. The number of amides is 2. The minimum atomic E-state index is -0.930. The normalized spacial score (nSPS) is 16.9. The topological polar surface area (TPSA) is 58.6 Å². The molecule has 0 bridgehead atoms. The molecule has 128 valence electrons. The maximum absolute atomic E-state index is 13.1. The third kappa shape index (κ3) is 2.65. The number of hydrogen-bond acceptors (Lipinski definition) is 3. The molecule has 0 atom stereocenters. The maximum Gasteiger partial charge on any atom is 0.242 e. The fourth-order valence-electron chi connectivity index (χ4n) is 3.42. The maximum atomic E-state index is 13.1. The van der Waals surface area contributed by atoms with Gasteiger partial charge in [-0.1, -0.05) is 24.3 Å². The van der Waals surface area contributed by atoms with Crippen LogP contribution in [0.1, 0.15) is 18.4 Å². The van der Waals surface area contributed by atoms with Gasteiger partial charge in [-0.2, -0.15) is 0 Å². The van der Waals surface area contributed by atoms with Gasteiger partial charge in [0.1, 0.15) is 11.2 Å². The van der Waals surface area contributed by atoms with Gasteiger partial charge in [-0.15, -0.1) is 0 Å². The van der Waals surface area contributed by atoms with Crippen LogP contribution in [-0.2, 0) is 16.0 Å². The standard InChI is InChI=1S/C20H20N2O3/c1-25-16-7-4-6-15(13-16)21-18(23)20(10-11-20)19(24)22-12-9-14-5-2-3-8-17(14)22/h2-8,13H,9-12H2,1H3,(H,21,23). The zero-order valence-electron chi connectivity index (χ0n) is 14.1. The second kappa shape index (κ2) is 5.92. The fourth-order valence-corrected chi connectivity index (χ4v) is 3.42. The van der Waals surface area contributed by atoms with Crippen molar-refractivity contribution in [3.8, 4) is 5.75 Å². The highest BCUT2D eigenvalue weighted by Crippen LogP contribution is 2.49. The number of rotatable bonds is 4. The first kappa shape index (κ1) is 15.7. The van der Waals surface area contributed by atoms with Gasteiger partial charge < -0.3 is 15.0 Å². The molecule has 1 saturated carbocycles. The van der Waals surface area contributed by atoms with Gasteiger partial charge in [0, 0.05) is 24.0 Å². The monoisotopic (exact) mass is 336 g/mol. The first-order valence-corrected chi connectivity index (χ1v) is 8.49. The van der Waals surface area contributed by atoms with E-state index >= 15 is 0 Å². The number of carbonyl (C=O) groups is 2. The molecule has 1 aliphatic heterocycles. The van der Waals surface area contributed by atoms with E-state index in [0.29, 0.717) is 30.8 Å². The number of fused-ring (bicyclic) bond motifs is 1. The van der Waals surface area contributed by atoms with E-state index in [4.69, 9.17) is 4.74 Å². The number of methoxy groups -OCH3 is 1. The molecule has 5 heteroatoms. The van der Waals surface area contributed by atoms with Crippen molar-refractivity contribution in [2.45, 2.75) is 19.3 Å². The molecule has 1 N–H and O–H groups in total. The van der Waals surface area contributed by atoms with E-state index in [2.05, 4.69) is 5.32 Å². The lowest BCUT2D eigenvalue weighted by Crippen LogP contribution is -2.42. The summed E-state index contributed by atoms with van der Waals surface area (Å²) in [7, 11) is 1.58. The predicted octanol–water partition coefficient (Wildman–Crippen LogP) is 3.00. The van der Waals surface area contributed by atoms with Crippen LogP contribution in [0.2, 0.25) is 0 Å². The summed E-state index contributed by atoms with van der Waals surface area (Å²) in [6.07, 6.45) is 2.04. The van der Waals surface area contributed by atoms with Gasteiger partial charge in [-0.05, 0) is 43.0 Å². The first-order chi connectivity index (χ1) is 12.1. The van der Waals surface area contributed by atoms with Crippen LogP contribution >= 0.6 is 0 Å². The Hall–Kier alpha value is -2.82. The van der Waals surface area contributed by atoms with Crippen LogP contribution < -0.4 is 15.0 Å². The van der Waals surface area contributed by atoms with E-state index in [1.807, 2.05) is 36.4 Å². The number of anilines is 2. The van der Waals surface area contributed by atoms with Crippen molar-refractivity contribution in [1.29, 1.82) is 0 Å². The van der Waals surface area contributed by atoms with Crippen molar-refractivity contribution in [3.63, 3.8) is 0 Å². The number of hydrogen-bond donors (Lipinski definition) is 1. The molecule has 2 aliphatic rings. The lowest BCUT2D eigenvalue weighted by Gasteiger charge is -2.23. The number of ether oxygens (including phenoxy) is 1. The molecular weight excluding hydrogens is 316 g/mol. The van der Waals surface area contributed by atoms with E-state index in [1.54, 1.807) is 24.1 Å². The summed E-state index contributed by atoms with van der Waals surface area (Å²) in [6, 6.07) is 15.1. The zero-order valence-corrected chi connectivity index (χ0v) is 14.1. The molecule has 25 heavy (non-hydrogen) atoms. The molecule has 0 radical (unpaired) electrons. The van der Waals surface area contributed by atoms with E-state index in [9.17, 15) is 9.59 Å². The van der Waals surface area contributed by atoms with E-state index in [1.165, 1.54) is 5.56 Å². The largest absolute Gasteiger partial charge is 0.497 e. The Morgan fingerprint density at radius 2 is 1.92 bits per heavy atom. The van der Waals surface area contributed by atoms with Crippen LogP contribution in [0.3, 0.4) is 0 Å². The molecule has 0 saturated heterocycles. The Morgan fingerprint density at radius 1 is 1.12 bits per heavy atom. The number of carbonyl (C=O) groups excluding carboxylic acids is 2. The highest BCUT2D eigenvalue weighted by molar-refractivity contribution is 6.18. The Labute approximate surface area is 146 Å². The third-order valence-electron chi connectivity index (χ3n) is 5.05. The molecule has 2 aromatic carbocycles. The molecule has 1 aliphatic carbocycles. The van der Waals surface area contributed by atoms with Crippen LogP contribution in [0.5, 0.6) is 5.75 Å². The molecule has 2 amide bonds. The van der Waals surface area contributed by atoms with Gasteiger partial charge in [-0.3, -0.25) is 9.59 Å². The minimum absolute atomic E-state index is 0.0853. The smallest absolute Gasteiger partial charge is 0.242 e. The molecule has 4 rings (SSSR count). The second-order valence-corrected chi connectivity index (χ2v) is 6.60. The van der Waals surface area contributed by atoms with Gasteiger partial charge in [-0.25, -0.2) is 0 Å². The minimum Gasteiger partial charge on any atom is -0.497 e. The Kier molecular flexibility index (Phi) is 3.71. The summed E-state index contributed by atoms with van der Waals surface area (Å²) in [6.45, 7) is 0.645. The van der Waals surface area contributed by atoms with Crippen molar-refractivity contribution in [1.82, 2.24) is 0 Å². The number of nitrogens with zero attached hydrogens (tertiary/aromatic N) is 1. The number of benzene rings is 2. The summed E-state index contributed by atoms with van der Waals surface area (Å²) >= 11 is 0. The summed E-state index contributed by atoms with van der Waals surface area (Å²) < 4.78 is 5.18. The van der Waals surface area contributed by atoms with Crippen molar-refractivity contribution >= 4 is 23.2 Å².